The molecule has 4 heteroatoms. The van der Waals surface area contributed by atoms with Crippen LogP contribution in [0.15, 0.2) is 24.3 Å². The molecule has 0 aliphatic heterocycles. The Morgan fingerprint density at radius 3 is 2.53 bits per heavy atom. The third kappa shape index (κ3) is 3.96. The fourth-order valence-corrected chi connectivity index (χ4v) is 2.70. The maximum Gasteiger partial charge on any atom is 0.319 e. The normalized spacial score (nSPS) is 17.2. The second kappa shape index (κ2) is 6.57. The summed E-state index contributed by atoms with van der Waals surface area (Å²) in [6, 6.07) is 7.70. The van der Waals surface area contributed by atoms with Gasteiger partial charge in [0, 0.05) is 18.3 Å². The molecule has 2 rings (SSSR count). The van der Waals surface area contributed by atoms with E-state index in [9.17, 15) is 4.79 Å². The fraction of sp³-hybridized carbons (Fsp3) is 0.533. The molecular weight excluding hydrogens is 238 g/mol. The first kappa shape index (κ1) is 13.9. The molecule has 4 nitrogen and oxygen atoms in total. The first-order valence-electron chi connectivity index (χ1n) is 7.03. The molecule has 1 aromatic carbocycles. The van der Waals surface area contributed by atoms with Crippen LogP contribution in [0.4, 0.5) is 10.5 Å². The molecule has 1 saturated carbocycles. The van der Waals surface area contributed by atoms with Crippen LogP contribution < -0.4 is 16.4 Å². The topological polar surface area (TPSA) is 67.2 Å². The smallest absolute Gasteiger partial charge is 0.319 e. The molecule has 2 amide bonds. The van der Waals surface area contributed by atoms with Gasteiger partial charge in [0.1, 0.15) is 0 Å². The molecule has 0 saturated heterocycles. The minimum absolute atomic E-state index is 0.0907. The van der Waals surface area contributed by atoms with Gasteiger partial charge in [0.15, 0.2) is 0 Å². The third-order valence-corrected chi connectivity index (χ3v) is 3.85. The number of benzene rings is 1. The highest BCUT2D eigenvalue weighted by atomic mass is 16.2. The minimum atomic E-state index is -0.161. The maximum atomic E-state index is 11.9. The number of rotatable bonds is 4. The summed E-state index contributed by atoms with van der Waals surface area (Å²) in [6.07, 6.45) is 4.85. The van der Waals surface area contributed by atoms with E-state index >= 15 is 0 Å². The zero-order valence-corrected chi connectivity index (χ0v) is 11.5. The van der Waals surface area contributed by atoms with Crippen LogP contribution in [0.3, 0.4) is 0 Å². The number of anilines is 1. The van der Waals surface area contributed by atoms with Gasteiger partial charge < -0.3 is 16.4 Å². The van der Waals surface area contributed by atoms with Crippen molar-refractivity contribution in [3.8, 4) is 0 Å². The van der Waals surface area contributed by atoms with E-state index < -0.39 is 0 Å². The largest absolute Gasteiger partial charge is 0.334 e. The van der Waals surface area contributed by atoms with Crippen LogP contribution in [0.5, 0.6) is 0 Å². The van der Waals surface area contributed by atoms with Crippen LogP contribution in [0.1, 0.15) is 31.2 Å². The van der Waals surface area contributed by atoms with Gasteiger partial charge in [0.2, 0.25) is 0 Å². The highest BCUT2D eigenvalue weighted by molar-refractivity contribution is 5.89. The lowest BCUT2D eigenvalue weighted by atomic mass is 9.98. The Morgan fingerprint density at radius 1 is 1.32 bits per heavy atom. The van der Waals surface area contributed by atoms with Gasteiger partial charge in [-0.1, -0.05) is 30.5 Å². The number of carbonyl (C=O) groups is 1. The van der Waals surface area contributed by atoms with E-state index in [2.05, 4.69) is 10.6 Å². The number of nitrogens with one attached hydrogen (secondary N) is 2. The lowest BCUT2D eigenvalue weighted by molar-refractivity contribution is 0.243. The Kier molecular flexibility index (Phi) is 4.80. The van der Waals surface area contributed by atoms with Gasteiger partial charge in [0.25, 0.3) is 0 Å². The van der Waals surface area contributed by atoms with Crippen molar-refractivity contribution in [2.24, 2.45) is 11.7 Å². The van der Waals surface area contributed by atoms with Gasteiger partial charge in [-0.25, -0.2) is 4.79 Å². The standard InChI is InChI=1S/C15H23N3O/c1-11-6-8-13(9-7-11)17-15(19)18-14(10-16)12-4-2-3-5-12/h6-9,12,14H,2-5,10,16H2,1H3,(H2,17,18,19). The quantitative estimate of drug-likeness (QED) is 0.780. The summed E-state index contributed by atoms with van der Waals surface area (Å²) in [5.74, 6) is 0.536. The van der Waals surface area contributed by atoms with Crippen molar-refractivity contribution >= 4 is 11.7 Å². The second-order valence-electron chi connectivity index (χ2n) is 5.35. The molecule has 0 heterocycles. The molecule has 1 aromatic rings. The summed E-state index contributed by atoms with van der Waals surface area (Å²) in [4.78, 5) is 11.9. The number of urea groups is 1. The van der Waals surface area contributed by atoms with Crippen LogP contribution in [0, 0.1) is 12.8 Å². The maximum absolute atomic E-state index is 11.9. The lowest BCUT2D eigenvalue weighted by Gasteiger charge is -2.23. The van der Waals surface area contributed by atoms with E-state index in [1.54, 1.807) is 0 Å². The van der Waals surface area contributed by atoms with E-state index in [1.165, 1.54) is 31.2 Å². The Labute approximate surface area is 114 Å². The molecule has 0 radical (unpaired) electrons. The van der Waals surface area contributed by atoms with Crippen molar-refractivity contribution in [3.63, 3.8) is 0 Å². The Hall–Kier alpha value is -1.55. The van der Waals surface area contributed by atoms with Crippen LogP contribution in [0.2, 0.25) is 0 Å². The first-order chi connectivity index (χ1) is 9.19. The van der Waals surface area contributed by atoms with Crippen molar-refractivity contribution in [3.05, 3.63) is 29.8 Å². The zero-order chi connectivity index (χ0) is 13.7. The average molecular weight is 261 g/mol. The Balaban J connectivity index is 1.87. The average Bonchev–Trinajstić information content (AvgIpc) is 2.92. The van der Waals surface area contributed by atoms with Crippen molar-refractivity contribution in [1.29, 1.82) is 0 Å². The highest BCUT2D eigenvalue weighted by Crippen LogP contribution is 2.27. The summed E-state index contributed by atoms with van der Waals surface area (Å²) in [5, 5.41) is 5.85. The zero-order valence-electron chi connectivity index (χ0n) is 11.5. The van der Waals surface area contributed by atoms with Gasteiger partial charge in [-0.3, -0.25) is 0 Å². The van der Waals surface area contributed by atoms with Gasteiger partial charge in [-0.15, -0.1) is 0 Å². The third-order valence-electron chi connectivity index (χ3n) is 3.85. The molecular formula is C15H23N3O. The van der Waals surface area contributed by atoms with E-state index in [0.717, 1.165) is 5.69 Å². The molecule has 1 aliphatic rings. The second-order valence-corrected chi connectivity index (χ2v) is 5.35. The van der Waals surface area contributed by atoms with Crippen molar-refractivity contribution in [2.45, 2.75) is 38.6 Å². The predicted molar refractivity (Wildman–Crippen MR) is 78.1 cm³/mol. The molecule has 19 heavy (non-hydrogen) atoms. The van der Waals surface area contributed by atoms with Crippen molar-refractivity contribution in [1.82, 2.24) is 5.32 Å². The number of amides is 2. The monoisotopic (exact) mass is 261 g/mol. The number of hydrogen-bond acceptors (Lipinski definition) is 2. The summed E-state index contributed by atoms with van der Waals surface area (Å²) in [5.41, 5.74) is 7.76. The fourth-order valence-electron chi connectivity index (χ4n) is 2.70. The Bertz CT molecular complexity index is 410. The molecule has 0 spiro atoms. The molecule has 4 N–H and O–H groups in total. The van der Waals surface area contributed by atoms with Crippen LogP contribution in [-0.4, -0.2) is 18.6 Å². The van der Waals surface area contributed by atoms with E-state index in [-0.39, 0.29) is 12.1 Å². The van der Waals surface area contributed by atoms with E-state index in [1.807, 2.05) is 31.2 Å². The summed E-state index contributed by atoms with van der Waals surface area (Å²) in [7, 11) is 0. The summed E-state index contributed by atoms with van der Waals surface area (Å²) >= 11 is 0. The Morgan fingerprint density at radius 2 is 1.95 bits per heavy atom. The van der Waals surface area contributed by atoms with Crippen molar-refractivity contribution in [2.75, 3.05) is 11.9 Å². The lowest BCUT2D eigenvalue weighted by Crippen LogP contribution is -2.46. The van der Waals surface area contributed by atoms with Gasteiger partial charge in [0.05, 0.1) is 0 Å². The molecule has 104 valence electrons. The molecule has 1 aliphatic carbocycles. The minimum Gasteiger partial charge on any atom is -0.334 e. The number of hydrogen-bond donors (Lipinski definition) is 3. The highest BCUT2D eigenvalue weighted by Gasteiger charge is 2.25. The van der Waals surface area contributed by atoms with Gasteiger partial charge in [-0.05, 0) is 37.8 Å². The van der Waals surface area contributed by atoms with Crippen molar-refractivity contribution < 1.29 is 4.79 Å². The SMILES string of the molecule is Cc1ccc(NC(=O)NC(CN)C2CCCC2)cc1. The predicted octanol–water partition coefficient (Wildman–Crippen LogP) is 2.63. The van der Waals surface area contributed by atoms with E-state index in [4.69, 9.17) is 5.73 Å². The first-order valence-corrected chi connectivity index (χ1v) is 7.03. The van der Waals surface area contributed by atoms with Gasteiger partial charge >= 0.3 is 6.03 Å². The van der Waals surface area contributed by atoms with Gasteiger partial charge in [-0.2, -0.15) is 0 Å². The number of carbonyl (C=O) groups excluding carboxylic acids is 1. The number of nitrogens with two attached hydrogens (primary N) is 1. The molecule has 1 unspecified atom stereocenters. The van der Waals surface area contributed by atoms with Crippen LogP contribution in [-0.2, 0) is 0 Å². The summed E-state index contributed by atoms with van der Waals surface area (Å²) in [6.45, 7) is 2.53. The van der Waals surface area contributed by atoms with Crippen LogP contribution in [0.25, 0.3) is 0 Å². The summed E-state index contributed by atoms with van der Waals surface area (Å²) < 4.78 is 0. The number of aryl methyl sites for hydroxylation is 1. The molecule has 1 atom stereocenters. The van der Waals surface area contributed by atoms with E-state index in [0.29, 0.717) is 12.5 Å². The van der Waals surface area contributed by atoms with Crippen LogP contribution >= 0.6 is 0 Å². The molecule has 1 fully saturated rings. The molecule has 0 bridgehead atoms. The molecule has 0 aromatic heterocycles.